The molecular weight excluding hydrogens is 194 g/mol. The fourth-order valence-electron chi connectivity index (χ4n) is 2.18. The minimum absolute atomic E-state index is 0.476. The van der Waals surface area contributed by atoms with Gasteiger partial charge in [0.2, 0.25) is 0 Å². The minimum Gasteiger partial charge on any atom is -0.381 e. The van der Waals surface area contributed by atoms with Crippen LogP contribution in [0.4, 0.5) is 0 Å². The molecule has 0 aromatic carbocycles. The molecule has 2 atom stereocenters. The van der Waals surface area contributed by atoms with Crippen LogP contribution in [0.25, 0.3) is 0 Å². The molecule has 2 unspecified atom stereocenters. The monoisotopic (exact) mass is 211 g/mol. The second kappa shape index (κ2) is 4.43. The summed E-state index contributed by atoms with van der Waals surface area (Å²) in [7, 11) is 2.04. The van der Waals surface area contributed by atoms with Gasteiger partial charge in [0.15, 0.2) is 0 Å². The number of hydrogen-bond donors (Lipinski definition) is 1. The zero-order valence-electron chi connectivity index (χ0n) is 8.75. The van der Waals surface area contributed by atoms with E-state index in [-0.39, 0.29) is 0 Å². The first kappa shape index (κ1) is 10.1. The van der Waals surface area contributed by atoms with Crippen LogP contribution in [0.15, 0.2) is 11.4 Å². The Balaban J connectivity index is 2.16. The maximum absolute atomic E-state index is 5.44. The van der Waals surface area contributed by atoms with E-state index in [1.165, 1.54) is 16.9 Å². The first-order chi connectivity index (χ1) is 6.83. The lowest BCUT2D eigenvalue weighted by atomic mass is 9.93. The van der Waals surface area contributed by atoms with Crippen molar-refractivity contribution in [3.05, 3.63) is 21.9 Å². The molecule has 0 saturated carbocycles. The Labute approximate surface area is 89.3 Å². The van der Waals surface area contributed by atoms with Crippen LogP contribution in [0.5, 0.6) is 0 Å². The molecule has 1 aliphatic rings. The number of ether oxygens (including phenoxy) is 1. The van der Waals surface area contributed by atoms with Crippen molar-refractivity contribution in [3.63, 3.8) is 0 Å². The predicted molar refractivity (Wildman–Crippen MR) is 59.8 cm³/mol. The lowest BCUT2D eigenvalue weighted by Gasteiger charge is -2.21. The van der Waals surface area contributed by atoms with Crippen molar-refractivity contribution in [2.45, 2.75) is 19.4 Å². The third kappa shape index (κ3) is 1.85. The largest absolute Gasteiger partial charge is 0.381 e. The molecule has 2 nitrogen and oxygen atoms in total. The zero-order valence-corrected chi connectivity index (χ0v) is 9.56. The molecule has 0 aliphatic carbocycles. The van der Waals surface area contributed by atoms with Gasteiger partial charge in [0.1, 0.15) is 0 Å². The molecular formula is C11H17NOS. The molecule has 78 valence electrons. The molecule has 0 radical (unpaired) electrons. The van der Waals surface area contributed by atoms with E-state index >= 15 is 0 Å². The lowest BCUT2D eigenvalue weighted by molar-refractivity contribution is 0.178. The van der Waals surface area contributed by atoms with Gasteiger partial charge in [-0.15, -0.1) is 11.3 Å². The van der Waals surface area contributed by atoms with Crippen molar-refractivity contribution in [3.8, 4) is 0 Å². The summed E-state index contributed by atoms with van der Waals surface area (Å²) in [4.78, 5) is 1.43. The Kier molecular flexibility index (Phi) is 3.21. The van der Waals surface area contributed by atoms with E-state index in [4.69, 9.17) is 4.74 Å². The molecule has 1 aromatic heterocycles. The first-order valence-electron chi connectivity index (χ1n) is 5.12. The number of hydrogen-bond acceptors (Lipinski definition) is 3. The van der Waals surface area contributed by atoms with Crippen LogP contribution < -0.4 is 5.32 Å². The Bertz CT molecular complexity index is 291. The number of nitrogens with one attached hydrogen (secondary N) is 1. The highest BCUT2D eigenvalue weighted by molar-refractivity contribution is 7.10. The molecule has 1 aliphatic heterocycles. The van der Waals surface area contributed by atoms with E-state index in [0.717, 1.165) is 13.2 Å². The average Bonchev–Trinajstić information content (AvgIpc) is 2.80. The molecule has 2 heterocycles. The topological polar surface area (TPSA) is 21.3 Å². The summed E-state index contributed by atoms with van der Waals surface area (Å²) in [5.74, 6) is 0.647. The molecule has 1 aromatic rings. The van der Waals surface area contributed by atoms with Crippen LogP contribution in [0.2, 0.25) is 0 Å². The first-order valence-corrected chi connectivity index (χ1v) is 6.00. The van der Waals surface area contributed by atoms with Crippen molar-refractivity contribution in [2.75, 3.05) is 20.3 Å². The smallest absolute Gasteiger partial charge is 0.0513 e. The average molecular weight is 211 g/mol. The van der Waals surface area contributed by atoms with Gasteiger partial charge in [0.25, 0.3) is 0 Å². The van der Waals surface area contributed by atoms with E-state index in [9.17, 15) is 0 Å². The Morgan fingerprint density at radius 1 is 1.64 bits per heavy atom. The van der Waals surface area contributed by atoms with Crippen molar-refractivity contribution in [1.29, 1.82) is 0 Å². The maximum atomic E-state index is 5.44. The van der Waals surface area contributed by atoms with Crippen molar-refractivity contribution in [2.24, 2.45) is 5.92 Å². The number of aryl methyl sites for hydroxylation is 1. The van der Waals surface area contributed by atoms with Gasteiger partial charge in [-0.3, -0.25) is 0 Å². The summed E-state index contributed by atoms with van der Waals surface area (Å²) in [6.45, 7) is 4.02. The van der Waals surface area contributed by atoms with Gasteiger partial charge in [0.05, 0.1) is 6.61 Å². The van der Waals surface area contributed by atoms with Crippen LogP contribution in [0, 0.1) is 12.8 Å². The van der Waals surface area contributed by atoms with E-state index in [1.54, 1.807) is 0 Å². The molecule has 0 bridgehead atoms. The van der Waals surface area contributed by atoms with Crippen LogP contribution in [0.3, 0.4) is 0 Å². The third-order valence-electron chi connectivity index (χ3n) is 2.98. The summed E-state index contributed by atoms with van der Waals surface area (Å²) >= 11 is 1.83. The Morgan fingerprint density at radius 2 is 2.50 bits per heavy atom. The lowest BCUT2D eigenvalue weighted by Crippen LogP contribution is -2.25. The fraction of sp³-hybridized carbons (Fsp3) is 0.636. The highest BCUT2D eigenvalue weighted by atomic mass is 32.1. The highest BCUT2D eigenvalue weighted by Gasteiger charge is 2.26. The summed E-state index contributed by atoms with van der Waals surface area (Å²) < 4.78 is 5.44. The molecule has 0 amide bonds. The van der Waals surface area contributed by atoms with Crippen LogP contribution in [0.1, 0.15) is 22.9 Å². The van der Waals surface area contributed by atoms with Gasteiger partial charge in [-0.05, 0) is 37.4 Å². The second-order valence-corrected chi connectivity index (χ2v) is 4.94. The SMILES string of the molecule is CNC(c1ccsc1C)C1CCOC1. The van der Waals surface area contributed by atoms with E-state index in [1.807, 2.05) is 18.4 Å². The summed E-state index contributed by atoms with van der Waals surface area (Å²) in [5, 5.41) is 5.59. The number of rotatable bonds is 3. The third-order valence-corrected chi connectivity index (χ3v) is 3.84. The Hall–Kier alpha value is -0.380. The summed E-state index contributed by atoms with van der Waals surface area (Å²) in [6, 6.07) is 2.71. The number of thiophene rings is 1. The predicted octanol–water partition coefficient (Wildman–Crippen LogP) is 2.35. The molecule has 14 heavy (non-hydrogen) atoms. The van der Waals surface area contributed by atoms with Gasteiger partial charge >= 0.3 is 0 Å². The maximum Gasteiger partial charge on any atom is 0.0513 e. The van der Waals surface area contributed by atoms with E-state index in [2.05, 4.69) is 23.7 Å². The fourth-order valence-corrected chi connectivity index (χ4v) is 2.93. The zero-order chi connectivity index (χ0) is 9.97. The Morgan fingerprint density at radius 3 is 3.00 bits per heavy atom. The molecule has 1 N–H and O–H groups in total. The minimum atomic E-state index is 0.476. The molecule has 1 fully saturated rings. The van der Waals surface area contributed by atoms with E-state index < -0.39 is 0 Å². The summed E-state index contributed by atoms with van der Waals surface area (Å²) in [5.41, 5.74) is 1.45. The second-order valence-electron chi connectivity index (χ2n) is 3.82. The van der Waals surface area contributed by atoms with Crippen molar-refractivity contribution >= 4 is 11.3 Å². The van der Waals surface area contributed by atoms with Gasteiger partial charge in [-0.25, -0.2) is 0 Å². The van der Waals surface area contributed by atoms with Crippen LogP contribution >= 0.6 is 11.3 Å². The van der Waals surface area contributed by atoms with E-state index in [0.29, 0.717) is 12.0 Å². The standard InChI is InChI=1S/C11H17NOS/c1-8-10(4-6-14-8)11(12-2)9-3-5-13-7-9/h4,6,9,11-12H,3,5,7H2,1-2H3. The van der Waals surface area contributed by atoms with Gasteiger partial charge in [0, 0.05) is 23.4 Å². The molecule has 2 rings (SSSR count). The van der Waals surface area contributed by atoms with Crippen LogP contribution in [-0.4, -0.2) is 20.3 Å². The van der Waals surface area contributed by atoms with Gasteiger partial charge in [-0.1, -0.05) is 0 Å². The quantitative estimate of drug-likeness (QED) is 0.828. The van der Waals surface area contributed by atoms with Gasteiger partial charge in [-0.2, -0.15) is 0 Å². The normalized spacial score (nSPS) is 24.0. The molecule has 1 saturated heterocycles. The van der Waals surface area contributed by atoms with Crippen molar-refractivity contribution < 1.29 is 4.74 Å². The van der Waals surface area contributed by atoms with Gasteiger partial charge < -0.3 is 10.1 Å². The summed E-state index contributed by atoms with van der Waals surface area (Å²) in [6.07, 6.45) is 1.18. The van der Waals surface area contributed by atoms with Crippen molar-refractivity contribution in [1.82, 2.24) is 5.32 Å². The van der Waals surface area contributed by atoms with Crippen LogP contribution in [-0.2, 0) is 4.74 Å². The molecule has 0 spiro atoms. The molecule has 3 heteroatoms. The highest BCUT2D eigenvalue weighted by Crippen LogP contribution is 2.32.